The van der Waals surface area contributed by atoms with E-state index in [1.54, 1.807) is 39.5 Å². The fourth-order valence-corrected chi connectivity index (χ4v) is 2.64. The van der Waals surface area contributed by atoms with Gasteiger partial charge in [-0.2, -0.15) is 0 Å². The predicted octanol–water partition coefficient (Wildman–Crippen LogP) is 4.17. The fourth-order valence-electron chi connectivity index (χ4n) is 2.64. The van der Waals surface area contributed by atoms with Crippen molar-refractivity contribution in [2.24, 2.45) is 0 Å². The second-order valence-corrected chi connectivity index (χ2v) is 5.51. The van der Waals surface area contributed by atoms with Crippen LogP contribution in [-0.2, 0) is 4.74 Å². The minimum atomic E-state index is -0.328. The second-order valence-electron chi connectivity index (χ2n) is 5.51. The van der Waals surface area contributed by atoms with Crippen LogP contribution in [0, 0.1) is 0 Å². The summed E-state index contributed by atoms with van der Waals surface area (Å²) in [7, 11) is 3.19. The normalized spacial score (nSPS) is 10.4. The number of rotatable bonds is 6. The van der Waals surface area contributed by atoms with Crippen molar-refractivity contribution < 1.29 is 19.0 Å². The number of carbonyl (C=O) groups excluding carboxylic acids is 1. The molecule has 3 aromatic rings. The summed E-state index contributed by atoms with van der Waals surface area (Å²) in [5.74, 6) is 0.933. The molecule has 0 aliphatic heterocycles. The molecule has 6 nitrogen and oxygen atoms in total. The van der Waals surface area contributed by atoms with Crippen LogP contribution >= 0.6 is 0 Å². The molecule has 134 valence electrons. The van der Waals surface area contributed by atoms with E-state index in [0.29, 0.717) is 23.7 Å². The van der Waals surface area contributed by atoms with Crippen molar-refractivity contribution >= 4 is 28.2 Å². The third kappa shape index (κ3) is 3.54. The van der Waals surface area contributed by atoms with Crippen molar-refractivity contribution in [1.82, 2.24) is 4.98 Å². The van der Waals surface area contributed by atoms with Crippen molar-refractivity contribution in [2.75, 3.05) is 26.1 Å². The molecule has 0 amide bonds. The predicted molar refractivity (Wildman–Crippen MR) is 101 cm³/mol. The van der Waals surface area contributed by atoms with Gasteiger partial charge in [-0.3, -0.25) is 4.98 Å². The van der Waals surface area contributed by atoms with Crippen molar-refractivity contribution in [3.05, 3.63) is 54.2 Å². The number of methoxy groups -OCH3 is 2. The average molecular weight is 352 g/mol. The second kappa shape index (κ2) is 7.74. The highest BCUT2D eigenvalue weighted by Gasteiger charge is 2.11. The zero-order chi connectivity index (χ0) is 18.5. The highest BCUT2D eigenvalue weighted by molar-refractivity contribution is 5.95. The summed E-state index contributed by atoms with van der Waals surface area (Å²) in [4.78, 5) is 16.1. The molecule has 0 saturated carbocycles. The van der Waals surface area contributed by atoms with Gasteiger partial charge in [0.15, 0.2) is 11.5 Å². The summed E-state index contributed by atoms with van der Waals surface area (Å²) in [5, 5.41) is 4.25. The lowest BCUT2D eigenvalue weighted by Gasteiger charge is -2.13. The average Bonchev–Trinajstić information content (AvgIpc) is 2.68. The Morgan fingerprint density at radius 3 is 2.38 bits per heavy atom. The van der Waals surface area contributed by atoms with E-state index >= 15 is 0 Å². The molecule has 0 fully saturated rings. The Hall–Kier alpha value is -3.28. The van der Waals surface area contributed by atoms with Crippen LogP contribution in [0.15, 0.2) is 48.7 Å². The summed E-state index contributed by atoms with van der Waals surface area (Å²) in [5.41, 5.74) is 3.03. The van der Waals surface area contributed by atoms with Crippen LogP contribution in [0.2, 0.25) is 0 Å². The largest absolute Gasteiger partial charge is 0.493 e. The molecule has 0 saturated heterocycles. The van der Waals surface area contributed by atoms with Crippen molar-refractivity contribution in [1.29, 1.82) is 0 Å². The van der Waals surface area contributed by atoms with E-state index < -0.39 is 0 Å². The monoisotopic (exact) mass is 352 g/mol. The van der Waals surface area contributed by atoms with E-state index in [2.05, 4.69) is 10.3 Å². The van der Waals surface area contributed by atoms with Crippen molar-refractivity contribution in [3.8, 4) is 11.5 Å². The number of ether oxygens (including phenoxy) is 3. The number of nitrogens with zero attached hydrogens (tertiary/aromatic N) is 1. The molecule has 0 unspecified atom stereocenters. The van der Waals surface area contributed by atoms with E-state index in [9.17, 15) is 4.79 Å². The molecule has 0 spiro atoms. The number of pyridine rings is 1. The molecule has 6 heteroatoms. The first-order chi connectivity index (χ1) is 12.7. The van der Waals surface area contributed by atoms with Gasteiger partial charge in [-0.25, -0.2) is 4.79 Å². The Kier molecular flexibility index (Phi) is 5.22. The number of carbonyl (C=O) groups is 1. The van der Waals surface area contributed by atoms with Gasteiger partial charge >= 0.3 is 5.97 Å². The molecular weight excluding hydrogens is 332 g/mol. The van der Waals surface area contributed by atoms with E-state index in [1.165, 1.54) is 0 Å². The maximum atomic E-state index is 11.7. The van der Waals surface area contributed by atoms with E-state index in [1.807, 2.05) is 30.3 Å². The van der Waals surface area contributed by atoms with E-state index in [-0.39, 0.29) is 5.97 Å². The number of hydrogen-bond donors (Lipinski definition) is 1. The lowest BCUT2D eigenvalue weighted by Crippen LogP contribution is -2.04. The molecule has 26 heavy (non-hydrogen) atoms. The molecule has 1 heterocycles. The molecule has 0 radical (unpaired) electrons. The molecule has 0 aliphatic carbocycles. The molecule has 2 aromatic carbocycles. The lowest BCUT2D eigenvalue weighted by atomic mass is 10.1. The summed E-state index contributed by atoms with van der Waals surface area (Å²) >= 11 is 0. The maximum absolute atomic E-state index is 11.7. The molecule has 0 atom stereocenters. The lowest BCUT2D eigenvalue weighted by molar-refractivity contribution is 0.0526. The Morgan fingerprint density at radius 2 is 1.73 bits per heavy atom. The quantitative estimate of drug-likeness (QED) is 0.672. The van der Waals surface area contributed by atoms with Gasteiger partial charge in [0.2, 0.25) is 0 Å². The van der Waals surface area contributed by atoms with Crippen LogP contribution in [0.5, 0.6) is 11.5 Å². The number of benzene rings is 2. The van der Waals surface area contributed by atoms with Gasteiger partial charge in [-0.1, -0.05) is 0 Å². The molecular formula is C20H20N2O4. The molecule has 0 aliphatic rings. The third-order valence-electron chi connectivity index (χ3n) is 3.92. The number of fused-ring (bicyclic) bond motifs is 1. The first-order valence-electron chi connectivity index (χ1n) is 8.21. The Bertz CT molecular complexity index is 923. The molecule has 3 rings (SSSR count). The molecule has 0 bridgehead atoms. The fraction of sp³-hybridized carbons (Fsp3) is 0.200. The smallest absolute Gasteiger partial charge is 0.338 e. The topological polar surface area (TPSA) is 69.7 Å². The zero-order valence-corrected chi connectivity index (χ0v) is 14.9. The van der Waals surface area contributed by atoms with Crippen molar-refractivity contribution in [3.63, 3.8) is 0 Å². The van der Waals surface area contributed by atoms with Gasteiger partial charge < -0.3 is 19.5 Å². The Balaban J connectivity index is 1.92. The SMILES string of the molecule is CCOC(=O)c1ccc(Nc2ccnc3cc(OC)c(OC)cc23)cc1. The van der Waals surface area contributed by atoms with Crippen LogP contribution in [0.4, 0.5) is 11.4 Å². The number of aromatic nitrogens is 1. The van der Waals surface area contributed by atoms with Gasteiger partial charge in [0.1, 0.15) is 0 Å². The summed E-state index contributed by atoms with van der Waals surface area (Å²) < 4.78 is 15.7. The van der Waals surface area contributed by atoms with Crippen molar-refractivity contribution in [2.45, 2.75) is 6.92 Å². The first kappa shape index (κ1) is 17.5. The minimum absolute atomic E-state index is 0.328. The highest BCUT2D eigenvalue weighted by Crippen LogP contribution is 2.35. The third-order valence-corrected chi connectivity index (χ3v) is 3.92. The molecule has 1 N–H and O–H groups in total. The first-order valence-corrected chi connectivity index (χ1v) is 8.21. The van der Waals surface area contributed by atoms with E-state index in [0.717, 1.165) is 22.3 Å². The van der Waals surface area contributed by atoms with Gasteiger partial charge in [0.05, 0.1) is 31.9 Å². The van der Waals surface area contributed by atoms with Gasteiger partial charge in [0, 0.05) is 29.0 Å². The van der Waals surface area contributed by atoms with Crippen LogP contribution < -0.4 is 14.8 Å². The van der Waals surface area contributed by atoms with Crippen LogP contribution in [0.25, 0.3) is 10.9 Å². The van der Waals surface area contributed by atoms with E-state index in [4.69, 9.17) is 14.2 Å². The Morgan fingerprint density at radius 1 is 1.04 bits per heavy atom. The maximum Gasteiger partial charge on any atom is 0.338 e. The number of hydrogen-bond acceptors (Lipinski definition) is 6. The van der Waals surface area contributed by atoms with Gasteiger partial charge in [0.25, 0.3) is 0 Å². The van der Waals surface area contributed by atoms with Gasteiger partial charge in [-0.15, -0.1) is 0 Å². The van der Waals surface area contributed by atoms with Crippen LogP contribution in [0.1, 0.15) is 17.3 Å². The summed E-state index contributed by atoms with van der Waals surface area (Å²) in [6.07, 6.45) is 1.73. The van der Waals surface area contributed by atoms with Crippen LogP contribution in [-0.4, -0.2) is 31.8 Å². The summed E-state index contributed by atoms with van der Waals surface area (Å²) in [6.45, 7) is 2.14. The molecule has 1 aromatic heterocycles. The van der Waals surface area contributed by atoms with Crippen LogP contribution in [0.3, 0.4) is 0 Å². The zero-order valence-electron chi connectivity index (χ0n) is 14.9. The standard InChI is InChI=1S/C20H20N2O4/c1-4-26-20(23)13-5-7-14(8-6-13)22-16-9-10-21-17-12-19(25-3)18(24-2)11-15(16)17/h5-12H,4H2,1-3H3,(H,21,22). The number of anilines is 2. The number of nitrogens with one attached hydrogen (secondary N) is 1. The Labute approximate surface area is 151 Å². The number of esters is 1. The minimum Gasteiger partial charge on any atom is -0.493 e. The highest BCUT2D eigenvalue weighted by atomic mass is 16.5. The summed E-state index contributed by atoms with van der Waals surface area (Å²) in [6, 6.07) is 12.7. The van der Waals surface area contributed by atoms with Gasteiger partial charge in [-0.05, 0) is 43.3 Å².